The predicted octanol–water partition coefficient (Wildman–Crippen LogP) is 2.40. The molecule has 2 aromatic rings. The quantitative estimate of drug-likeness (QED) is 0.856. The SMILES string of the molecule is N#Cc1cc(F)cc2c(=O)c(OC(=O)O)cn(C3CC3)c12. The van der Waals surface area contributed by atoms with Gasteiger partial charge in [-0.1, -0.05) is 0 Å². The van der Waals surface area contributed by atoms with Crippen molar-refractivity contribution in [1.29, 1.82) is 5.26 Å². The average molecular weight is 288 g/mol. The van der Waals surface area contributed by atoms with Gasteiger partial charge >= 0.3 is 6.16 Å². The summed E-state index contributed by atoms with van der Waals surface area (Å²) in [7, 11) is 0. The van der Waals surface area contributed by atoms with Gasteiger partial charge in [0.05, 0.1) is 22.7 Å². The molecule has 1 aliphatic rings. The second-order valence-corrected chi connectivity index (χ2v) is 4.79. The molecule has 1 heterocycles. The number of nitriles is 1. The van der Waals surface area contributed by atoms with Crippen molar-refractivity contribution < 1.29 is 19.0 Å². The Morgan fingerprint density at radius 2 is 2.19 bits per heavy atom. The third-order valence-corrected chi connectivity index (χ3v) is 3.32. The number of halogens is 1. The van der Waals surface area contributed by atoms with E-state index in [9.17, 15) is 14.0 Å². The van der Waals surface area contributed by atoms with Crippen LogP contribution in [0.25, 0.3) is 10.9 Å². The first-order valence-corrected chi connectivity index (χ1v) is 6.20. The van der Waals surface area contributed by atoms with Crippen LogP contribution in [0.4, 0.5) is 9.18 Å². The molecule has 1 aliphatic carbocycles. The van der Waals surface area contributed by atoms with Gasteiger partial charge in [-0.15, -0.1) is 0 Å². The number of rotatable bonds is 2. The topological polar surface area (TPSA) is 92.3 Å². The molecule has 1 N–H and O–H groups in total. The number of hydrogen-bond acceptors (Lipinski definition) is 4. The van der Waals surface area contributed by atoms with Gasteiger partial charge < -0.3 is 14.4 Å². The Balaban J connectivity index is 2.41. The van der Waals surface area contributed by atoms with E-state index in [0.717, 1.165) is 25.0 Å². The highest BCUT2D eigenvalue weighted by Crippen LogP contribution is 2.38. The fourth-order valence-electron chi connectivity index (χ4n) is 2.33. The lowest BCUT2D eigenvalue weighted by atomic mass is 10.1. The third-order valence-electron chi connectivity index (χ3n) is 3.32. The van der Waals surface area contributed by atoms with E-state index in [1.54, 1.807) is 4.57 Å². The van der Waals surface area contributed by atoms with Crippen molar-refractivity contribution in [2.75, 3.05) is 0 Å². The van der Waals surface area contributed by atoms with Crippen LogP contribution < -0.4 is 10.2 Å². The molecule has 106 valence electrons. The van der Waals surface area contributed by atoms with Crippen LogP contribution in [0.1, 0.15) is 24.4 Å². The maximum atomic E-state index is 13.6. The van der Waals surface area contributed by atoms with Crippen LogP contribution in [0.2, 0.25) is 0 Å². The van der Waals surface area contributed by atoms with Gasteiger partial charge in [0.2, 0.25) is 5.43 Å². The van der Waals surface area contributed by atoms with Crippen molar-refractivity contribution in [3.63, 3.8) is 0 Å². The molecule has 1 fully saturated rings. The Hall–Kier alpha value is -2.88. The molecule has 0 saturated heterocycles. The van der Waals surface area contributed by atoms with Crippen molar-refractivity contribution in [2.45, 2.75) is 18.9 Å². The van der Waals surface area contributed by atoms with Crippen molar-refractivity contribution in [3.8, 4) is 11.8 Å². The van der Waals surface area contributed by atoms with Crippen LogP contribution in [-0.4, -0.2) is 15.8 Å². The Labute approximate surface area is 117 Å². The number of carbonyl (C=O) groups is 1. The number of fused-ring (bicyclic) bond motifs is 1. The number of pyridine rings is 1. The molecule has 6 nitrogen and oxygen atoms in total. The molecule has 1 saturated carbocycles. The maximum absolute atomic E-state index is 13.6. The predicted molar refractivity (Wildman–Crippen MR) is 69.8 cm³/mol. The number of nitrogens with zero attached hydrogens (tertiary/aromatic N) is 2. The number of ether oxygens (including phenoxy) is 1. The zero-order chi connectivity index (χ0) is 15.1. The molecule has 0 unspecified atom stereocenters. The molecule has 0 spiro atoms. The number of carboxylic acid groups (broad SMARTS) is 1. The van der Waals surface area contributed by atoms with E-state index in [1.807, 2.05) is 6.07 Å². The molecule has 1 aromatic heterocycles. The fraction of sp³-hybridized carbons (Fsp3) is 0.214. The minimum atomic E-state index is -1.62. The molecule has 0 atom stereocenters. The third kappa shape index (κ3) is 2.21. The maximum Gasteiger partial charge on any atom is 0.511 e. The minimum absolute atomic E-state index is 0.0378. The van der Waals surface area contributed by atoms with Crippen LogP contribution >= 0.6 is 0 Å². The zero-order valence-corrected chi connectivity index (χ0v) is 10.7. The standard InChI is InChI=1S/C14H9FN2O4/c15-8-3-7(5-16)12-10(4-8)13(18)11(21-14(19)20)6-17(12)9-1-2-9/h3-4,6,9H,1-2H2,(H,19,20). The summed E-state index contributed by atoms with van der Waals surface area (Å²) >= 11 is 0. The highest BCUT2D eigenvalue weighted by Gasteiger charge is 2.27. The molecule has 3 rings (SSSR count). The summed E-state index contributed by atoms with van der Waals surface area (Å²) < 4.78 is 19.6. The average Bonchev–Trinajstić information content (AvgIpc) is 3.25. The summed E-state index contributed by atoms with van der Waals surface area (Å²) in [6.45, 7) is 0. The molecule has 0 aliphatic heterocycles. The largest absolute Gasteiger partial charge is 0.511 e. The number of aromatic nitrogens is 1. The van der Waals surface area contributed by atoms with Gasteiger partial charge in [-0.3, -0.25) is 4.79 Å². The normalized spacial score (nSPS) is 13.9. The lowest BCUT2D eigenvalue weighted by molar-refractivity contribution is 0.143. The van der Waals surface area contributed by atoms with Gasteiger partial charge in [-0.2, -0.15) is 5.26 Å². The fourth-order valence-corrected chi connectivity index (χ4v) is 2.33. The van der Waals surface area contributed by atoms with Crippen molar-refractivity contribution in [2.24, 2.45) is 0 Å². The summed E-state index contributed by atoms with van der Waals surface area (Å²) in [4.78, 5) is 22.8. The Morgan fingerprint density at radius 1 is 1.48 bits per heavy atom. The molecule has 21 heavy (non-hydrogen) atoms. The minimum Gasteiger partial charge on any atom is -0.449 e. The van der Waals surface area contributed by atoms with Gasteiger partial charge in [-0.25, -0.2) is 9.18 Å². The van der Waals surface area contributed by atoms with Gasteiger partial charge in [0.25, 0.3) is 0 Å². The summed E-state index contributed by atoms with van der Waals surface area (Å²) in [5.74, 6) is -1.12. The first-order valence-electron chi connectivity index (χ1n) is 6.20. The zero-order valence-electron chi connectivity index (χ0n) is 10.7. The van der Waals surface area contributed by atoms with Gasteiger partial charge in [0, 0.05) is 6.04 Å². The highest BCUT2D eigenvalue weighted by molar-refractivity contribution is 5.86. The summed E-state index contributed by atoms with van der Waals surface area (Å²) in [6.07, 6.45) is 1.33. The van der Waals surface area contributed by atoms with Crippen molar-refractivity contribution in [3.05, 3.63) is 39.9 Å². The van der Waals surface area contributed by atoms with E-state index >= 15 is 0 Å². The lowest BCUT2D eigenvalue weighted by Crippen LogP contribution is -2.17. The van der Waals surface area contributed by atoms with Crippen molar-refractivity contribution >= 4 is 17.1 Å². The van der Waals surface area contributed by atoms with E-state index in [-0.39, 0.29) is 17.0 Å². The highest BCUT2D eigenvalue weighted by atomic mass is 19.1. The molecule has 0 amide bonds. The molecule has 1 aromatic carbocycles. The van der Waals surface area contributed by atoms with Gasteiger partial charge in [0.15, 0.2) is 5.75 Å². The summed E-state index contributed by atoms with van der Waals surface area (Å²) in [5.41, 5.74) is -0.402. The monoisotopic (exact) mass is 288 g/mol. The van der Waals surface area contributed by atoms with Crippen LogP contribution in [0.3, 0.4) is 0 Å². The Kier molecular flexibility index (Phi) is 2.87. The molecule has 0 bridgehead atoms. The van der Waals surface area contributed by atoms with Crippen LogP contribution in [0, 0.1) is 17.1 Å². The van der Waals surface area contributed by atoms with Gasteiger partial charge in [0.1, 0.15) is 11.9 Å². The van der Waals surface area contributed by atoms with E-state index in [2.05, 4.69) is 4.74 Å². The van der Waals surface area contributed by atoms with Crippen LogP contribution in [-0.2, 0) is 0 Å². The molecular weight excluding hydrogens is 279 g/mol. The Morgan fingerprint density at radius 3 is 2.76 bits per heavy atom. The van der Waals surface area contributed by atoms with Crippen LogP contribution in [0.15, 0.2) is 23.1 Å². The van der Waals surface area contributed by atoms with Crippen LogP contribution in [0.5, 0.6) is 5.75 Å². The number of benzene rings is 1. The Bertz CT molecular complexity index is 862. The second-order valence-electron chi connectivity index (χ2n) is 4.79. The second kappa shape index (κ2) is 4.59. The van der Waals surface area contributed by atoms with Crippen molar-refractivity contribution in [1.82, 2.24) is 4.57 Å². The van der Waals surface area contributed by atoms with Gasteiger partial charge in [-0.05, 0) is 25.0 Å². The smallest absolute Gasteiger partial charge is 0.449 e. The van der Waals surface area contributed by atoms with E-state index in [0.29, 0.717) is 5.52 Å². The first-order chi connectivity index (χ1) is 10.0. The summed E-state index contributed by atoms with van der Waals surface area (Å²) in [6, 6.07) is 3.97. The number of hydrogen-bond donors (Lipinski definition) is 1. The lowest BCUT2D eigenvalue weighted by Gasteiger charge is -2.13. The molecular formula is C14H9FN2O4. The summed E-state index contributed by atoms with van der Waals surface area (Å²) in [5, 5.41) is 17.7. The molecule has 0 radical (unpaired) electrons. The van der Waals surface area contributed by atoms with E-state index < -0.39 is 23.2 Å². The van der Waals surface area contributed by atoms with E-state index in [1.165, 1.54) is 6.20 Å². The first kappa shape index (κ1) is 13.1. The van der Waals surface area contributed by atoms with E-state index in [4.69, 9.17) is 10.4 Å². The molecule has 7 heteroatoms.